The maximum atomic E-state index is 12.5. The highest BCUT2D eigenvalue weighted by Gasteiger charge is 2.32. The SMILES string of the molecule is CC1(C)CCCNC1CNC(=O)Cc1ccc(C(F)(F)F)cc1. The summed E-state index contributed by atoms with van der Waals surface area (Å²) in [4.78, 5) is 12.0. The maximum absolute atomic E-state index is 12.5. The van der Waals surface area contributed by atoms with Gasteiger partial charge in [-0.25, -0.2) is 0 Å². The number of carbonyl (C=O) groups excluding carboxylic acids is 1. The van der Waals surface area contributed by atoms with Crippen molar-refractivity contribution in [2.75, 3.05) is 13.1 Å². The predicted molar refractivity (Wildman–Crippen MR) is 83.0 cm³/mol. The molecular formula is C17H23F3N2O. The molecular weight excluding hydrogens is 305 g/mol. The first-order valence-corrected chi connectivity index (χ1v) is 7.85. The Morgan fingerprint density at radius 3 is 2.52 bits per heavy atom. The van der Waals surface area contributed by atoms with Crippen molar-refractivity contribution in [3.05, 3.63) is 35.4 Å². The molecule has 1 saturated heterocycles. The molecule has 1 aliphatic rings. The number of hydrogen-bond donors (Lipinski definition) is 2. The van der Waals surface area contributed by atoms with Crippen LogP contribution in [0.2, 0.25) is 0 Å². The summed E-state index contributed by atoms with van der Waals surface area (Å²) in [5, 5.41) is 6.29. The second kappa shape index (κ2) is 6.91. The molecule has 1 fully saturated rings. The van der Waals surface area contributed by atoms with Crippen LogP contribution in [0.1, 0.15) is 37.8 Å². The quantitative estimate of drug-likeness (QED) is 0.891. The lowest BCUT2D eigenvalue weighted by molar-refractivity contribution is -0.137. The second-order valence-corrected chi connectivity index (χ2v) is 6.77. The molecule has 0 aromatic heterocycles. The fourth-order valence-electron chi connectivity index (χ4n) is 2.89. The van der Waals surface area contributed by atoms with Crippen molar-refractivity contribution in [3.63, 3.8) is 0 Å². The van der Waals surface area contributed by atoms with Crippen molar-refractivity contribution in [1.82, 2.24) is 10.6 Å². The van der Waals surface area contributed by atoms with Crippen molar-refractivity contribution >= 4 is 5.91 Å². The van der Waals surface area contributed by atoms with Crippen molar-refractivity contribution in [2.45, 2.75) is 45.3 Å². The van der Waals surface area contributed by atoms with Gasteiger partial charge < -0.3 is 10.6 Å². The van der Waals surface area contributed by atoms with E-state index in [9.17, 15) is 18.0 Å². The summed E-state index contributed by atoms with van der Waals surface area (Å²) in [6.07, 6.45) is -2.02. The molecule has 1 aromatic carbocycles. The minimum atomic E-state index is -4.35. The lowest BCUT2D eigenvalue weighted by atomic mass is 9.77. The van der Waals surface area contributed by atoms with E-state index in [1.807, 2.05) is 0 Å². The molecule has 0 saturated carbocycles. The van der Waals surface area contributed by atoms with Gasteiger partial charge in [-0.3, -0.25) is 4.79 Å². The van der Waals surface area contributed by atoms with E-state index in [0.29, 0.717) is 12.1 Å². The van der Waals surface area contributed by atoms with Gasteiger partial charge in [-0.1, -0.05) is 26.0 Å². The van der Waals surface area contributed by atoms with E-state index in [2.05, 4.69) is 24.5 Å². The average molecular weight is 328 g/mol. The molecule has 2 N–H and O–H groups in total. The van der Waals surface area contributed by atoms with Crippen LogP contribution in [-0.4, -0.2) is 25.0 Å². The highest BCUT2D eigenvalue weighted by atomic mass is 19.4. The first-order valence-electron chi connectivity index (χ1n) is 7.85. The molecule has 1 aromatic rings. The van der Waals surface area contributed by atoms with E-state index in [0.717, 1.165) is 31.5 Å². The number of piperidine rings is 1. The fourth-order valence-corrected chi connectivity index (χ4v) is 2.89. The zero-order valence-electron chi connectivity index (χ0n) is 13.5. The largest absolute Gasteiger partial charge is 0.416 e. The summed E-state index contributed by atoms with van der Waals surface area (Å²) in [5.41, 5.74) is 0.000978. The van der Waals surface area contributed by atoms with Gasteiger partial charge in [0, 0.05) is 12.6 Å². The summed E-state index contributed by atoms with van der Waals surface area (Å²) in [7, 11) is 0. The van der Waals surface area contributed by atoms with Gasteiger partial charge in [0.2, 0.25) is 5.91 Å². The van der Waals surface area contributed by atoms with Gasteiger partial charge in [-0.2, -0.15) is 13.2 Å². The monoisotopic (exact) mass is 328 g/mol. The summed E-state index contributed by atoms with van der Waals surface area (Å²) < 4.78 is 37.5. The van der Waals surface area contributed by atoms with Crippen LogP contribution in [0.4, 0.5) is 13.2 Å². The molecule has 0 spiro atoms. The van der Waals surface area contributed by atoms with Gasteiger partial charge in [0.05, 0.1) is 12.0 Å². The van der Waals surface area contributed by atoms with Gasteiger partial charge in [-0.15, -0.1) is 0 Å². The van der Waals surface area contributed by atoms with Gasteiger partial charge in [0.15, 0.2) is 0 Å². The van der Waals surface area contributed by atoms with Gasteiger partial charge in [0.1, 0.15) is 0 Å². The molecule has 3 nitrogen and oxygen atoms in total. The maximum Gasteiger partial charge on any atom is 0.416 e. The number of alkyl halides is 3. The van der Waals surface area contributed by atoms with E-state index >= 15 is 0 Å². The van der Waals surface area contributed by atoms with Crippen LogP contribution in [0.3, 0.4) is 0 Å². The molecule has 23 heavy (non-hydrogen) atoms. The third-order valence-corrected chi connectivity index (χ3v) is 4.48. The van der Waals surface area contributed by atoms with E-state index in [-0.39, 0.29) is 23.8 Å². The number of rotatable bonds is 4. The Hall–Kier alpha value is -1.56. The van der Waals surface area contributed by atoms with Gasteiger partial charge in [0.25, 0.3) is 0 Å². The van der Waals surface area contributed by atoms with Crippen molar-refractivity contribution in [3.8, 4) is 0 Å². The third-order valence-electron chi connectivity index (χ3n) is 4.48. The summed E-state index contributed by atoms with van der Waals surface area (Å²) in [6, 6.07) is 4.94. The number of halogens is 3. The van der Waals surface area contributed by atoms with E-state index in [1.165, 1.54) is 12.1 Å². The molecule has 2 rings (SSSR count). The summed E-state index contributed by atoms with van der Waals surface area (Å²) in [5.74, 6) is -0.173. The lowest BCUT2D eigenvalue weighted by Gasteiger charge is -2.39. The number of benzene rings is 1. The first-order chi connectivity index (χ1) is 10.7. The molecule has 0 bridgehead atoms. The van der Waals surface area contributed by atoms with Crippen LogP contribution >= 0.6 is 0 Å². The first kappa shape index (κ1) is 17.8. The summed E-state index contributed by atoms with van der Waals surface area (Å²) in [6.45, 7) is 5.83. The van der Waals surface area contributed by atoms with Crippen molar-refractivity contribution in [1.29, 1.82) is 0 Å². The number of carbonyl (C=O) groups is 1. The second-order valence-electron chi connectivity index (χ2n) is 6.77. The Kier molecular flexibility index (Phi) is 5.34. The number of amides is 1. The van der Waals surface area contributed by atoms with Crippen LogP contribution in [0.5, 0.6) is 0 Å². The minimum absolute atomic E-state index is 0.0886. The Morgan fingerprint density at radius 1 is 1.30 bits per heavy atom. The molecule has 1 aliphatic heterocycles. The van der Waals surface area contributed by atoms with Crippen LogP contribution < -0.4 is 10.6 Å². The van der Waals surface area contributed by atoms with Gasteiger partial charge in [-0.05, 0) is 42.5 Å². The zero-order valence-corrected chi connectivity index (χ0v) is 13.5. The molecule has 0 aliphatic carbocycles. The molecule has 1 amide bonds. The normalized spacial score (nSPS) is 21.0. The predicted octanol–water partition coefficient (Wildman–Crippen LogP) is 3.14. The molecule has 6 heteroatoms. The van der Waals surface area contributed by atoms with Crippen LogP contribution in [0, 0.1) is 5.41 Å². The smallest absolute Gasteiger partial charge is 0.354 e. The van der Waals surface area contributed by atoms with E-state index in [4.69, 9.17) is 0 Å². The standard InChI is InChI=1S/C17H23F3N2O/c1-16(2)8-3-9-21-14(16)11-22-15(23)10-12-4-6-13(7-5-12)17(18,19)20/h4-7,14,21H,3,8-11H2,1-2H3,(H,22,23). The lowest BCUT2D eigenvalue weighted by Crippen LogP contribution is -2.52. The highest BCUT2D eigenvalue weighted by molar-refractivity contribution is 5.78. The van der Waals surface area contributed by atoms with Crippen LogP contribution in [0.15, 0.2) is 24.3 Å². The topological polar surface area (TPSA) is 41.1 Å². The minimum Gasteiger partial charge on any atom is -0.354 e. The van der Waals surface area contributed by atoms with Crippen LogP contribution in [0.25, 0.3) is 0 Å². The van der Waals surface area contributed by atoms with Crippen molar-refractivity contribution in [2.24, 2.45) is 5.41 Å². The molecule has 128 valence electrons. The van der Waals surface area contributed by atoms with Crippen LogP contribution in [-0.2, 0) is 17.4 Å². The van der Waals surface area contributed by atoms with E-state index < -0.39 is 11.7 Å². The van der Waals surface area contributed by atoms with E-state index in [1.54, 1.807) is 0 Å². The molecule has 1 unspecified atom stereocenters. The third kappa shape index (κ3) is 4.96. The Bertz CT molecular complexity index is 538. The Morgan fingerprint density at radius 2 is 1.96 bits per heavy atom. The van der Waals surface area contributed by atoms with Gasteiger partial charge >= 0.3 is 6.18 Å². The van der Waals surface area contributed by atoms with Crippen molar-refractivity contribution < 1.29 is 18.0 Å². The molecule has 0 radical (unpaired) electrons. The zero-order chi connectivity index (χ0) is 17.1. The molecule has 1 atom stereocenters. The fraction of sp³-hybridized carbons (Fsp3) is 0.588. The number of nitrogens with one attached hydrogen (secondary N) is 2. The highest BCUT2D eigenvalue weighted by Crippen LogP contribution is 2.30. The Balaban J connectivity index is 1.85. The average Bonchev–Trinajstić information content (AvgIpc) is 2.45. The molecule has 1 heterocycles. The number of hydrogen-bond acceptors (Lipinski definition) is 2. The Labute approximate surface area is 134 Å². The summed E-state index contributed by atoms with van der Waals surface area (Å²) >= 11 is 0.